The van der Waals surface area contributed by atoms with Gasteiger partial charge in [0.1, 0.15) is 11.3 Å². The highest BCUT2D eigenvalue weighted by molar-refractivity contribution is 9.10. The second-order valence-electron chi connectivity index (χ2n) is 8.69. The van der Waals surface area contributed by atoms with Crippen LogP contribution in [0.3, 0.4) is 0 Å². The number of pyridine rings is 1. The van der Waals surface area contributed by atoms with Gasteiger partial charge < -0.3 is 15.4 Å². The topological polar surface area (TPSA) is 80.3 Å². The van der Waals surface area contributed by atoms with Crippen molar-refractivity contribution in [1.29, 1.82) is 0 Å². The number of rotatable bonds is 8. The van der Waals surface area contributed by atoms with Crippen LogP contribution in [-0.4, -0.2) is 29.0 Å². The van der Waals surface area contributed by atoms with Gasteiger partial charge in [-0.2, -0.15) is 0 Å². The molecule has 6 nitrogen and oxygen atoms in total. The first-order valence-corrected chi connectivity index (χ1v) is 12.0. The van der Waals surface area contributed by atoms with Crippen LogP contribution in [0.1, 0.15) is 43.2 Å². The first kappa shape index (κ1) is 25.7. The molecule has 0 fully saturated rings. The molecule has 3 aromatic rings. The van der Waals surface area contributed by atoms with Crippen LogP contribution in [0.4, 0.5) is 5.69 Å². The third-order valence-electron chi connectivity index (χ3n) is 4.74. The van der Waals surface area contributed by atoms with Crippen LogP contribution in [0.15, 0.2) is 65.3 Å². The van der Waals surface area contributed by atoms with Crippen LogP contribution < -0.4 is 10.6 Å². The van der Waals surface area contributed by atoms with Crippen LogP contribution in [0.5, 0.6) is 0 Å². The number of anilines is 1. The van der Waals surface area contributed by atoms with Gasteiger partial charge in [-0.3, -0.25) is 14.6 Å². The number of hydrogen-bond donors (Lipinski definition) is 2. The molecule has 0 aliphatic rings. The molecule has 0 atom stereocenters. The number of nitrogens with one attached hydrogen (secondary N) is 2. The Bertz CT molecular complexity index is 1140. The average Bonchev–Trinajstić information content (AvgIpc) is 2.78. The summed E-state index contributed by atoms with van der Waals surface area (Å²) in [5, 5.41) is 6.73. The molecule has 34 heavy (non-hydrogen) atoms. The molecule has 0 aliphatic carbocycles. The number of ether oxygens (including phenoxy) is 1. The Labute approximate surface area is 213 Å². The minimum absolute atomic E-state index is 0.0956. The van der Waals surface area contributed by atoms with Crippen molar-refractivity contribution in [3.05, 3.63) is 81.5 Å². The number of esters is 1. The normalized spacial score (nSPS) is 11.1. The monoisotopic (exact) mass is 543 g/mol. The third kappa shape index (κ3) is 7.85. The van der Waals surface area contributed by atoms with E-state index in [1.54, 1.807) is 33.0 Å². The van der Waals surface area contributed by atoms with E-state index < -0.39 is 5.60 Å². The number of aromatic nitrogens is 1. The van der Waals surface area contributed by atoms with Crippen molar-refractivity contribution in [3.8, 4) is 11.1 Å². The lowest BCUT2D eigenvalue weighted by Gasteiger charge is -2.19. The minimum atomic E-state index is -0.550. The summed E-state index contributed by atoms with van der Waals surface area (Å²) in [4.78, 5) is 28.5. The summed E-state index contributed by atoms with van der Waals surface area (Å²) < 4.78 is 6.26. The maximum atomic E-state index is 12.4. The van der Waals surface area contributed by atoms with Gasteiger partial charge in [0.05, 0.1) is 6.42 Å². The summed E-state index contributed by atoms with van der Waals surface area (Å²) in [5.74, 6) is -0.709. The molecule has 0 saturated carbocycles. The van der Waals surface area contributed by atoms with Gasteiger partial charge in [0.25, 0.3) is 5.91 Å². The lowest BCUT2D eigenvalue weighted by Crippen LogP contribution is -2.30. The number of amides is 1. The van der Waals surface area contributed by atoms with Gasteiger partial charge in [-0.05, 0) is 74.4 Å². The molecule has 0 spiro atoms. The number of carbonyl (C=O) groups is 2. The molecular weight excluding hydrogens is 518 g/mol. The van der Waals surface area contributed by atoms with Gasteiger partial charge in [-0.25, -0.2) is 0 Å². The van der Waals surface area contributed by atoms with Crippen LogP contribution in [-0.2, 0) is 16.1 Å². The van der Waals surface area contributed by atoms with E-state index in [1.807, 2.05) is 48.5 Å². The van der Waals surface area contributed by atoms with E-state index in [2.05, 4.69) is 31.5 Å². The fourth-order valence-corrected chi connectivity index (χ4v) is 3.62. The predicted octanol–water partition coefficient (Wildman–Crippen LogP) is 6.24. The lowest BCUT2D eigenvalue weighted by molar-refractivity contribution is -0.154. The predicted molar refractivity (Wildman–Crippen MR) is 139 cm³/mol. The summed E-state index contributed by atoms with van der Waals surface area (Å²) in [5.41, 5.74) is 3.54. The van der Waals surface area contributed by atoms with E-state index >= 15 is 0 Å². The second kappa shape index (κ2) is 11.5. The van der Waals surface area contributed by atoms with Gasteiger partial charge in [-0.1, -0.05) is 39.7 Å². The van der Waals surface area contributed by atoms with E-state index in [4.69, 9.17) is 16.3 Å². The first-order chi connectivity index (χ1) is 16.1. The Morgan fingerprint density at radius 1 is 1.06 bits per heavy atom. The van der Waals surface area contributed by atoms with Gasteiger partial charge in [0.2, 0.25) is 0 Å². The molecule has 0 bridgehead atoms. The smallest absolute Gasteiger partial charge is 0.308 e. The number of hydrogen-bond acceptors (Lipinski definition) is 5. The highest BCUT2D eigenvalue weighted by atomic mass is 79.9. The van der Waals surface area contributed by atoms with E-state index in [1.165, 1.54) is 0 Å². The van der Waals surface area contributed by atoms with Crippen molar-refractivity contribution < 1.29 is 14.3 Å². The zero-order chi connectivity index (χ0) is 24.7. The Morgan fingerprint density at radius 3 is 2.44 bits per heavy atom. The maximum absolute atomic E-state index is 12.4. The fraction of sp³-hybridized carbons (Fsp3) is 0.269. The molecule has 1 aromatic heterocycles. The van der Waals surface area contributed by atoms with Gasteiger partial charge >= 0.3 is 5.97 Å². The molecule has 0 unspecified atom stereocenters. The molecule has 2 aromatic carbocycles. The van der Waals surface area contributed by atoms with Crippen LogP contribution in [0.2, 0.25) is 5.02 Å². The van der Waals surface area contributed by atoms with Crippen molar-refractivity contribution in [2.75, 3.05) is 11.9 Å². The van der Waals surface area contributed by atoms with Crippen molar-refractivity contribution in [2.24, 2.45) is 0 Å². The van der Waals surface area contributed by atoms with E-state index in [-0.39, 0.29) is 30.5 Å². The molecule has 0 aliphatic heterocycles. The Kier molecular flexibility index (Phi) is 8.69. The number of carbonyl (C=O) groups excluding carboxylic acids is 2. The van der Waals surface area contributed by atoms with E-state index in [9.17, 15) is 9.59 Å². The van der Waals surface area contributed by atoms with Crippen molar-refractivity contribution in [1.82, 2.24) is 10.3 Å². The molecular formula is C26H27BrClN3O3. The Morgan fingerprint density at radius 2 is 1.79 bits per heavy atom. The summed E-state index contributed by atoms with van der Waals surface area (Å²) in [6.45, 7) is 6.18. The maximum Gasteiger partial charge on any atom is 0.308 e. The van der Waals surface area contributed by atoms with Crippen LogP contribution >= 0.6 is 27.5 Å². The van der Waals surface area contributed by atoms with Gasteiger partial charge in [-0.15, -0.1) is 0 Å². The number of halogens is 2. The molecule has 8 heteroatoms. The number of nitrogens with zero attached hydrogens (tertiary/aromatic N) is 1. The fourth-order valence-electron chi connectivity index (χ4n) is 3.19. The zero-order valence-corrected chi connectivity index (χ0v) is 21.7. The molecule has 178 valence electrons. The standard InChI is InChI=1S/C26H27BrClN3O3/c1-26(2,3)34-24(32)12-13-29-25(33)23-11-5-18(16-31-23)22-14-20(28)8-4-17(22)15-30-21-9-6-19(27)7-10-21/h4-11,14,16,30H,12-13,15H2,1-3H3,(H,29,33). The van der Waals surface area contributed by atoms with Gasteiger partial charge in [0.15, 0.2) is 0 Å². The molecule has 1 amide bonds. The zero-order valence-electron chi connectivity index (χ0n) is 19.3. The minimum Gasteiger partial charge on any atom is -0.460 e. The van der Waals surface area contributed by atoms with Crippen LogP contribution in [0, 0.1) is 0 Å². The van der Waals surface area contributed by atoms with Gasteiger partial charge in [0, 0.05) is 40.0 Å². The number of benzene rings is 2. The van der Waals surface area contributed by atoms with E-state index in [0.29, 0.717) is 11.6 Å². The Hall–Kier alpha value is -2.90. The summed E-state index contributed by atoms with van der Waals surface area (Å²) >= 11 is 9.70. The molecule has 3 rings (SSSR count). The molecule has 0 radical (unpaired) electrons. The highest BCUT2D eigenvalue weighted by Crippen LogP contribution is 2.28. The van der Waals surface area contributed by atoms with Crippen molar-refractivity contribution in [3.63, 3.8) is 0 Å². The van der Waals surface area contributed by atoms with Crippen LogP contribution in [0.25, 0.3) is 11.1 Å². The average molecular weight is 545 g/mol. The molecule has 1 heterocycles. The molecule has 2 N–H and O–H groups in total. The quantitative estimate of drug-likeness (QED) is 0.328. The largest absolute Gasteiger partial charge is 0.460 e. The van der Waals surface area contributed by atoms with E-state index in [0.717, 1.165) is 26.9 Å². The Balaban J connectivity index is 1.64. The first-order valence-electron chi connectivity index (χ1n) is 10.8. The van der Waals surface area contributed by atoms with Crippen molar-refractivity contribution in [2.45, 2.75) is 39.3 Å². The lowest BCUT2D eigenvalue weighted by atomic mass is 10.0. The summed E-state index contributed by atoms with van der Waals surface area (Å²) in [6, 6.07) is 17.2. The van der Waals surface area contributed by atoms with Crippen molar-refractivity contribution >= 4 is 45.1 Å². The summed E-state index contributed by atoms with van der Waals surface area (Å²) in [6.07, 6.45) is 1.75. The summed E-state index contributed by atoms with van der Waals surface area (Å²) in [7, 11) is 0. The SMILES string of the molecule is CC(C)(C)OC(=O)CCNC(=O)c1ccc(-c2cc(Cl)ccc2CNc2ccc(Br)cc2)cn1. The third-order valence-corrected chi connectivity index (χ3v) is 5.50. The second-order valence-corrected chi connectivity index (χ2v) is 10.0. The molecule has 0 saturated heterocycles. The highest BCUT2D eigenvalue weighted by Gasteiger charge is 2.16.